The van der Waals surface area contributed by atoms with Gasteiger partial charge in [0.1, 0.15) is 6.07 Å². The summed E-state index contributed by atoms with van der Waals surface area (Å²) in [5, 5.41) is 17.4. The second-order valence-corrected chi connectivity index (χ2v) is 3.67. The van der Waals surface area contributed by atoms with Crippen LogP contribution in [-0.2, 0) is 0 Å². The quantitative estimate of drug-likeness (QED) is 0.670. The molecule has 0 saturated heterocycles. The van der Waals surface area contributed by atoms with E-state index >= 15 is 0 Å². The van der Waals surface area contributed by atoms with Crippen LogP contribution >= 0.6 is 11.8 Å². The van der Waals surface area contributed by atoms with E-state index in [1.165, 1.54) is 0 Å². The Morgan fingerprint density at radius 3 is 2.62 bits per heavy atom. The van der Waals surface area contributed by atoms with Gasteiger partial charge in [0.15, 0.2) is 0 Å². The Labute approximate surface area is 81.8 Å². The molecule has 1 rings (SSSR count). The molecule has 1 aromatic rings. The van der Waals surface area contributed by atoms with Crippen LogP contribution in [0.5, 0.6) is 0 Å². The molecule has 0 fully saturated rings. The van der Waals surface area contributed by atoms with Gasteiger partial charge < -0.3 is 0 Å². The summed E-state index contributed by atoms with van der Waals surface area (Å²) in [4.78, 5) is 0.893. The summed E-state index contributed by atoms with van der Waals surface area (Å²) in [7, 11) is 0. The third kappa shape index (κ3) is 2.24. The van der Waals surface area contributed by atoms with Crippen molar-refractivity contribution in [1.29, 1.82) is 10.5 Å². The number of nitriles is 2. The van der Waals surface area contributed by atoms with Crippen molar-refractivity contribution in [2.45, 2.75) is 11.8 Å². The zero-order valence-electron chi connectivity index (χ0n) is 7.24. The van der Waals surface area contributed by atoms with Crippen LogP contribution < -0.4 is 0 Å². The fraction of sp³-hybridized carbons (Fsp3) is 0.200. The van der Waals surface area contributed by atoms with Crippen LogP contribution in [0.1, 0.15) is 18.1 Å². The van der Waals surface area contributed by atoms with Gasteiger partial charge in [0.2, 0.25) is 0 Å². The number of nitrogens with zero attached hydrogens (tertiary/aromatic N) is 2. The molecule has 0 aromatic heterocycles. The van der Waals surface area contributed by atoms with Crippen LogP contribution in [0.15, 0.2) is 23.1 Å². The van der Waals surface area contributed by atoms with E-state index in [-0.39, 0.29) is 0 Å². The summed E-state index contributed by atoms with van der Waals surface area (Å²) in [5.74, 6) is 0.906. The summed E-state index contributed by atoms with van der Waals surface area (Å²) in [5.41, 5.74) is 1.25. The van der Waals surface area contributed by atoms with Gasteiger partial charge in [-0.3, -0.25) is 0 Å². The van der Waals surface area contributed by atoms with Crippen LogP contribution in [0.25, 0.3) is 0 Å². The van der Waals surface area contributed by atoms with Gasteiger partial charge in [-0.05, 0) is 24.0 Å². The number of thioether (sulfide) groups is 1. The highest BCUT2D eigenvalue weighted by Crippen LogP contribution is 2.22. The van der Waals surface area contributed by atoms with Gasteiger partial charge in [0.25, 0.3) is 0 Å². The maximum absolute atomic E-state index is 8.76. The Bertz CT molecular complexity index is 385. The molecule has 0 saturated carbocycles. The fourth-order valence-electron chi connectivity index (χ4n) is 0.959. The van der Waals surface area contributed by atoms with Gasteiger partial charge in [-0.15, -0.1) is 11.8 Å². The summed E-state index contributed by atoms with van der Waals surface area (Å²) in [6.45, 7) is 2.02. The van der Waals surface area contributed by atoms with E-state index in [2.05, 4.69) is 12.1 Å². The molecule has 13 heavy (non-hydrogen) atoms. The molecule has 0 aliphatic carbocycles. The minimum absolute atomic E-state index is 0.606. The fourth-order valence-corrected chi connectivity index (χ4v) is 1.75. The highest BCUT2D eigenvalue weighted by Gasteiger charge is 2.02. The van der Waals surface area contributed by atoms with Gasteiger partial charge in [-0.2, -0.15) is 10.5 Å². The predicted molar refractivity (Wildman–Crippen MR) is 52.3 cm³/mol. The lowest BCUT2D eigenvalue weighted by atomic mass is 10.2. The molecule has 0 aliphatic heterocycles. The summed E-state index contributed by atoms with van der Waals surface area (Å²) in [6.07, 6.45) is 0. The normalized spacial score (nSPS) is 8.85. The first-order chi connectivity index (χ1) is 6.31. The van der Waals surface area contributed by atoms with Crippen LogP contribution in [0.2, 0.25) is 0 Å². The molecule has 0 heterocycles. The van der Waals surface area contributed by atoms with Crippen LogP contribution in [0, 0.1) is 22.7 Å². The molecule has 0 amide bonds. The van der Waals surface area contributed by atoms with Gasteiger partial charge in [-0.25, -0.2) is 0 Å². The van der Waals surface area contributed by atoms with E-state index in [0.717, 1.165) is 10.6 Å². The molecule has 0 aliphatic rings. The molecule has 0 spiro atoms. The zero-order valence-corrected chi connectivity index (χ0v) is 8.06. The van der Waals surface area contributed by atoms with E-state index < -0.39 is 0 Å². The Morgan fingerprint density at radius 2 is 2.08 bits per heavy atom. The lowest BCUT2D eigenvalue weighted by molar-refractivity contribution is 1.33. The van der Waals surface area contributed by atoms with Gasteiger partial charge >= 0.3 is 0 Å². The van der Waals surface area contributed by atoms with E-state index in [4.69, 9.17) is 10.5 Å². The van der Waals surface area contributed by atoms with Crippen molar-refractivity contribution in [3.05, 3.63) is 29.3 Å². The van der Waals surface area contributed by atoms with Gasteiger partial charge in [-0.1, -0.05) is 6.92 Å². The monoisotopic (exact) mass is 188 g/mol. The van der Waals surface area contributed by atoms with E-state index in [9.17, 15) is 0 Å². The Morgan fingerprint density at radius 1 is 1.31 bits per heavy atom. The Hall–Kier alpha value is -1.45. The van der Waals surface area contributed by atoms with E-state index in [1.54, 1.807) is 30.0 Å². The molecule has 0 bridgehead atoms. The molecular weight excluding hydrogens is 180 g/mol. The van der Waals surface area contributed by atoms with Gasteiger partial charge in [0.05, 0.1) is 17.2 Å². The molecule has 0 unspecified atom stereocenters. The van der Waals surface area contributed by atoms with E-state index in [1.807, 2.05) is 6.92 Å². The van der Waals surface area contributed by atoms with Crippen LogP contribution in [-0.4, -0.2) is 5.75 Å². The van der Waals surface area contributed by atoms with Gasteiger partial charge in [0, 0.05) is 4.90 Å². The van der Waals surface area contributed by atoms with E-state index in [0.29, 0.717) is 11.1 Å². The molecule has 3 heteroatoms. The second-order valence-electron chi connectivity index (χ2n) is 2.37. The van der Waals surface area contributed by atoms with Crippen LogP contribution in [0.3, 0.4) is 0 Å². The number of hydrogen-bond acceptors (Lipinski definition) is 3. The van der Waals surface area contributed by atoms with Crippen molar-refractivity contribution < 1.29 is 0 Å². The average molecular weight is 188 g/mol. The topological polar surface area (TPSA) is 47.6 Å². The molecule has 2 nitrogen and oxygen atoms in total. The minimum Gasteiger partial charge on any atom is -0.192 e. The highest BCUT2D eigenvalue weighted by molar-refractivity contribution is 7.99. The van der Waals surface area contributed by atoms with Crippen molar-refractivity contribution >= 4 is 11.8 Å². The first-order valence-electron chi connectivity index (χ1n) is 3.89. The summed E-state index contributed by atoms with van der Waals surface area (Å²) >= 11 is 1.58. The highest BCUT2D eigenvalue weighted by atomic mass is 32.2. The Kier molecular flexibility index (Phi) is 3.37. The number of hydrogen-bond donors (Lipinski definition) is 0. The minimum atomic E-state index is 0.606. The summed E-state index contributed by atoms with van der Waals surface area (Å²) in [6, 6.07) is 9.27. The standard InChI is InChI=1S/C10H8N2S/c1-2-13-10-5-8(6-11)3-4-9(10)7-12/h3-5H,2H2,1H3. The predicted octanol–water partition coefficient (Wildman–Crippen LogP) is 2.54. The lowest BCUT2D eigenvalue weighted by Gasteiger charge is -2.00. The average Bonchev–Trinajstić information content (AvgIpc) is 2.18. The van der Waals surface area contributed by atoms with Crippen molar-refractivity contribution in [3.63, 3.8) is 0 Å². The van der Waals surface area contributed by atoms with Crippen molar-refractivity contribution in [1.82, 2.24) is 0 Å². The van der Waals surface area contributed by atoms with Crippen molar-refractivity contribution in [2.24, 2.45) is 0 Å². The van der Waals surface area contributed by atoms with Crippen LogP contribution in [0.4, 0.5) is 0 Å². The molecule has 0 N–H and O–H groups in total. The smallest absolute Gasteiger partial charge is 0.100 e. The first kappa shape index (κ1) is 9.64. The molecule has 0 radical (unpaired) electrons. The third-order valence-electron chi connectivity index (χ3n) is 1.53. The van der Waals surface area contributed by atoms with Crippen molar-refractivity contribution in [2.75, 3.05) is 5.75 Å². The third-order valence-corrected chi connectivity index (χ3v) is 2.47. The lowest BCUT2D eigenvalue weighted by Crippen LogP contribution is -1.83. The molecule has 1 aromatic carbocycles. The maximum atomic E-state index is 8.76. The molecular formula is C10H8N2S. The number of benzene rings is 1. The maximum Gasteiger partial charge on any atom is 0.100 e. The summed E-state index contributed by atoms with van der Waals surface area (Å²) < 4.78 is 0. The molecule has 64 valence electrons. The SMILES string of the molecule is CCSc1cc(C#N)ccc1C#N. The molecule has 0 atom stereocenters. The zero-order chi connectivity index (χ0) is 9.68. The number of rotatable bonds is 2. The first-order valence-corrected chi connectivity index (χ1v) is 4.87. The largest absolute Gasteiger partial charge is 0.192 e. The van der Waals surface area contributed by atoms with Crippen molar-refractivity contribution in [3.8, 4) is 12.1 Å². The Balaban J connectivity index is 3.13. The second kappa shape index (κ2) is 4.54.